The Hall–Kier alpha value is -2.90. The molecular formula is C17H19FN4O3. The van der Waals surface area contributed by atoms with E-state index in [0.717, 1.165) is 5.52 Å². The number of halogens is 1. The van der Waals surface area contributed by atoms with Gasteiger partial charge in [-0.25, -0.2) is 4.39 Å². The van der Waals surface area contributed by atoms with E-state index in [9.17, 15) is 18.8 Å². The molecule has 1 aliphatic rings. The minimum Gasteiger partial charge on any atom is -0.368 e. The highest BCUT2D eigenvalue weighted by atomic mass is 19.1. The molecule has 3 rings (SSSR count). The molecule has 0 spiro atoms. The second-order valence-corrected chi connectivity index (χ2v) is 6.17. The number of aromatic nitrogens is 1. The summed E-state index contributed by atoms with van der Waals surface area (Å²) >= 11 is 0. The summed E-state index contributed by atoms with van der Waals surface area (Å²) in [6.45, 7) is 1.96. The van der Waals surface area contributed by atoms with Crippen LogP contribution in [0.4, 0.5) is 4.39 Å². The number of carbonyl (C=O) groups is 3. The molecule has 7 nitrogen and oxygen atoms in total. The van der Waals surface area contributed by atoms with Crippen LogP contribution in [0, 0.1) is 5.82 Å². The predicted molar refractivity (Wildman–Crippen MR) is 89.1 cm³/mol. The van der Waals surface area contributed by atoms with Gasteiger partial charge in [0.1, 0.15) is 17.6 Å². The minimum absolute atomic E-state index is 0.0453. The number of primary amides is 1. The first-order valence-corrected chi connectivity index (χ1v) is 7.90. The summed E-state index contributed by atoms with van der Waals surface area (Å²) in [7, 11) is 1.73. The van der Waals surface area contributed by atoms with E-state index in [1.54, 1.807) is 23.7 Å². The third-order valence-corrected chi connectivity index (χ3v) is 4.62. The Morgan fingerprint density at radius 2 is 1.92 bits per heavy atom. The van der Waals surface area contributed by atoms with E-state index in [2.05, 4.69) is 0 Å². The summed E-state index contributed by atoms with van der Waals surface area (Å²) in [5.41, 5.74) is 6.51. The van der Waals surface area contributed by atoms with Gasteiger partial charge < -0.3 is 20.1 Å². The first kappa shape index (κ1) is 16.9. The number of nitrogens with two attached hydrogens (primary N) is 1. The summed E-state index contributed by atoms with van der Waals surface area (Å²) in [4.78, 5) is 39.1. The Balaban J connectivity index is 1.90. The van der Waals surface area contributed by atoms with Crippen LogP contribution in [0.25, 0.3) is 10.9 Å². The van der Waals surface area contributed by atoms with Crippen molar-refractivity contribution in [1.82, 2.24) is 14.4 Å². The van der Waals surface area contributed by atoms with Crippen molar-refractivity contribution in [1.29, 1.82) is 0 Å². The predicted octanol–water partition coefficient (Wildman–Crippen LogP) is 0.476. The van der Waals surface area contributed by atoms with E-state index in [-0.39, 0.29) is 30.7 Å². The van der Waals surface area contributed by atoms with Gasteiger partial charge in [-0.2, -0.15) is 0 Å². The lowest BCUT2D eigenvalue weighted by molar-refractivity contribution is -0.140. The zero-order valence-corrected chi connectivity index (χ0v) is 14.0. The van der Waals surface area contributed by atoms with Gasteiger partial charge in [-0.05, 0) is 24.3 Å². The lowest BCUT2D eigenvalue weighted by atomic mass is 10.1. The quantitative estimate of drug-likeness (QED) is 0.858. The fraction of sp³-hybridized carbons (Fsp3) is 0.353. The van der Waals surface area contributed by atoms with Crippen molar-refractivity contribution >= 4 is 28.6 Å². The Morgan fingerprint density at radius 3 is 2.56 bits per heavy atom. The zero-order chi connectivity index (χ0) is 18.3. The lowest BCUT2D eigenvalue weighted by Crippen LogP contribution is -2.60. The smallest absolute Gasteiger partial charge is 0.270 e. The van der Waals surface area contributed by atoms with Gasteiger partial charge in [-0.15, -0.1) is 0 Å². The molecule has 1 aliphatic heterocycles. The standard InChI is InChI=1S/C17H19FN4O3/c1-10(23)22-6-5-21(9-15(22)16(19)24)17(25)14-8-11-7-12(18)3-4-13(11)20(14)2/h3-4,7-8,15H,5-6,9H2,1-2H3,(H2,19,24)/t15-/m0/s1. The van der Waals surface area contributed by atoms with Gasteiger partial charge in [0.15, 0.2) is 0 Å². The highest BCUT2D eigenvalue weighted by molar-refractivity contribution is 5.99. The van der Waals surface area contributed by atoms with Crippen LogP contribution >= 0.6 is 0 Å². The van der Waals surface area contributed by atoms with Crippen molar-refractivity contribution in [2.24, 2.45) is 12.8 Å². The summed E-state index contributed by atoms with van der Waals surface area (Å²) < 4.78 is 15.1. The molecule has 1 atom stereocenters. The van der Waals surface area contributed by atoms with Crippen molar-refractivity contribution < 1.29 is 18.8 Å². The first-order chi connectivity index (χ1) is 11.8. The van der Waals surface area contributed by atoms with E-state index >= 15 is 0 Å². The van der Waals surface area contributed by atoms with E-state index in [1.807, 2.05) is 0 Å². The molecule has 1 saturated heterocycles. The van der Waals surface area contributed by atoms with Gasteiger partial charge in [0.25, 0.3) is 5.91 Å². The van der Waals surface area contributed by atoms with Crippen molar-refractivity contribution in [2.75, 3.05) is 19.6 Å². The average Bonchev–Trinajstić information content (AvgIpc) is 2.89. The highest BCUT2D eigenvalue weighted by Crippen LogP contribution is 2.22. The van der Waals surface area contributed by atoms with Crippen LogP contribution in [0.15, 0.2) is 24.3 Å². The average molecular weight is 346 g/mol. The van der Waals surface area contributed by atoms with E-state index in [4.69, 9.17) is 5.73 Å². The summed E-state index contributed by atoms with van der Waals surface area (Å²) in [6, 6.07) is 5.10. The fourth-order valence-corrected chi connectivity index (χ4v) is 3.28. The maximum absolute atomic E-state index is 13.4. The molecule has 2 N–H and O–H groups in total. The summed E-state index contributed by atoms with van der Waals surface area (Å²) in [6.07, 6.45) is 0. The van der Waals surface area contributed by atoms with Crippen LogP contribution in [-0.2, 0) is 16.6 Å². The molecule has 0 saturated carbocycles. The third-order valence-electron chi connectivity index (χ3n) is 4.62. The van der Waals surface area contributed by atoms with Crippen molar-refractivity contribution in [2.45, 2.75) is 13.0 Å². The van der Waals surface area contributed by atoms with Gasteiger partial charge in [0, 0.05) is 38.0 Å². The second kappa shape index (κ2) is 6.19. The minimum atomic E-state index is -0.845. The number of benzene rings is 1. The van der Waals surface area contributed by atoms with Gasteiger partial charge >= 0.3 is 0 Å². The molecule has 1 fully saturated rings. The number of fused-ring (bicyclic) bond motifs is 1. The number of nitrogens with zero attached hydrogens (tertiary/aromatic N) is 3. The van der Waals surface area contributed by atoms with Crippen LogP contribution in [0.3, 0.4) is 0 Å². The lowest BCUT2D eigenvalue weighted by Gasteiger charge is -2.39. The number of hydrogen-bond acceptors (Lipinski definition) is 3. The van der Waals surface area contributed by atoms with Crippen molar-refractivity contribution in [3.63, 3.8) is 0 Å². The molecule has 25 heavy (non-hydrogen) atoms. The molecule has 132 valence electrons. The van der Waals surface area contributed by atoms with E-state index < -0.39 is 11.9 Å². The largest absolute Gasteiger partial charge is 0.368 e. The molecule has 3 amide bonds. The summed E-state index contributed by atoms with van der Waals surface area (Å²) in [5.74, 6) is -1.56. The SMILES string of the molecule is CC(=O)N1CCN(C(=O)c2cc3cc(F)ccc3n2C)C[C@H]1C(N)=O. The van der Waals surface area contributed by atoms with Crippen LogP contribution < -0.4 is 5.73 Å². The normalized spacial score (nSPS) is 17.8. The molecule has 8 heteroatoms. The molecule has 0 unspecified atom stereocenters. The number of amides is 3. The third kappa shape index (κ3) is 2.95. The van der Waals surface area contributed by atoms with Crippen molar-refractivity contribution in [3.8, 4) is 0 Å². The molecule has 0 radical (unpaired) electrons. The van der Waals surface area contributed by atoms with Gasteiger partial charge in [-0.1, -0.05) is 0 Å². The van der Waals surface area contributed by atoms with Gasteiger partial charge in [0.05, 0.1) is 6.54 Å². The number of aryl methyl sites for hydroxylation is 1. The molecule has 2 heterocycles. The van der Waals surface area contributed by atoms with Crippen LogP contribution in [0.1, 0.15) is 17.4 Å². The number of carbonyl (C=O) groups excluding carboxylic acids is 3. The Kier molecular flexibility index (Phi) is 4.20. The number of piperazine rings is 1. The zero-order valence-electron chi connectivity index (χ0n) is 14.0. The second-order valence-electron chi connectivity index (χ2n) is 6.17. The number of rotatable bonds is 2. The molecule has 0 bridgehead atoms. The Bertz CT molecular complexity index is 876. The monoisotopic (exact) mass is 346 g/mol. The van der Waals surface area contributed by atoms with Gasteiger partial charge in [-0.3, -0.25) is 14.4 Å². The van der Waals surface area contributed by atoms with Crippen LogP contribution in [-0.4, -0.2) is 57.8 Å². The molecule has 1 aromatic carbocycles. The fourth-order valence-electron chi connectivity index (χ4n) is 3.28. The van der Waals surface area contributed by atoms with Crippen LogP contribution in [0.2, 0.25) is 0 Å². The Morgan fingerprint density at radius 1 is 1.20 bits per heavy atom. The maximum atomic E-state index is 13.4. The summed E-state index contributed by atoms with van der Waals surface area (Å²) in [5, 5.41) is 0.625. The van der Waals surface area contributed by atoms with E-state index in [1.165, 1.54) is 28.9 Å². The van der Waals surface area contributed by atoms with Crippen LogP contribution in [0.5, 0.6) is 0 Å². The molecular weight excluding hydrogens is 327 g/mol. The molecule has 0 aliphatic carbocycles. The van der Waals surface area contributed by atoms with E-state index in [0.29, 0.717) is 17.6 Å². The van der Waals surface area contributed by atoms with Gasteiger partial charge in [0.2, 0.25) is 11.8 Å². The Labute approximate surface area is 143 Å². The topological polar surface area (TPSA) is 88.6 Å². The molecule has 1 aromatic heterocycles. The van der Waals surface area contributed by atoms with Crippen molar-refractivity contribution in [3.05, 3.63) is 35.8 Å². The highest BCUT2D eigenvalue weighted by Gasteiger charge is 2.35. The maximum Gasteiger partial charge on any atom is 0.270 e. The first-order valence-electron chi connectivity index (χ1n) is 7.90. The number of hydrogen-bond donors (Lipinski definition) is 1. The molecule has 2 aromatic rings.